The second-order valence-electron chi connectivity index (χ2n) is 4.94. The number of amides is 1. The lowest BCUT2D eigenvalue weighted by molar-refractivity contribution is -0.121. The number of nitrogens with one attached hydrogen (secondary N) is 1. The highest BCUT2D eigenvalue weighted by molar-refractivity contribution is 6.05. The van der Waals surface area contributed by atoms with Crippen LogP contribution in [0.15, 0.2) is 23.3 Å². The summed E-state index contributed by atoms with van der Waals surface area (Å²) in [6.45, 7) is 3.52. The van der Waals surface area contributed by atoms with E-state index in [4.69, 9.17) is 9.84 Å². The first-order chi connectivity index (χ1) is 9.47. The summed E-state index contributed by atoms with van der Waals surface area (Å²) in [6, 6.07) is 4.44. The third-order valence-electron chi connectivity index (χ3n) is 2.97. The number of carbonyl (C=O) groups excluding carboxylic acids is 1. The van der Waals surface area contributed by atoms with Gasteiger partial charge in [0, 0.05) is 24.0 Å². The fraction of sp³-hybridized carbons (Fsp3) is 0.429. The van der Waals surface area contributed by atoms with Crippen LogP contribution >= 0.6 is 0 Å². The zero-order valence-electron chi connectivity index (χ0n) is 11.4. The Labute approximate surface area is 116 Å². The van der Waals surface area contributed by atoms with Crippen LogP contribution in [-0.4, -0.2) is 29.4 Å². The molecule has 1 heterocycles. The molecule has 2 rings (SSSR count). The number of carbonyl (C=O) groups is 1. The van der Waals surface area contributed by atoms with Gasteiger partial charge in [0.2, 0.25) is 5.91 Å². The standard InChI is InChI=1S/C14H17FN2O3/c1-8-5-13(19)16-17-14(8)11-4-3-10(6-12(11)15)20-7-9(2)18/h3-4,6,8-9,18H,5,7H2,1-2H3,(H,16,19). The first-order valence-electron chi connectivity index (χ1n) is 6.44. The lowest BCUT2D eigenvalue weighted by Gasteiger charge is -2.19. The minimum atomic E-state index is -0.615. The number of ether oxygens (including phenoxy) is 1. The zero-order valence-corrected chi connectivity index (χ0v) is 11.4. The van der Waals surface area contributed by atoms with E-state index in [1.807, 2.05) is 6.92 Å². The Kier molecular flexibility index (Phi) is 4.34. The largest absolute Gasteiger partial charge is 0.491 e. The Hall–Kier alpha value is -1.95. The van der Waals surface area contributed by atoms with E-state index >= 15 is 0 Å². The molecule has 1 aromatic carbocycles. The molecule has 0 spiro atoms. The number of nitrogens with zero attached hydrogens (tertiary/aromatic N) is 1. The van der Waals surface area contributed by atoms with Crippen LogP contribution in [0.3, 0.4) is 0 Å². The van der Waals surface area contributed by atoms with Gasteiger partial charge in [0.15, 0.2) is 0 Å². The van der Waals surface area contributed by atoms with Crippen LogP contribution in [0.5, 0.6) is 5.75 Å². The van der Waals surface area contributed by atoms with Crippen molar-refractivity contribution in [3.8, 4) is 5.75 Å². The second kappa shape index (κ2) is 6.00. The molecule has 6 heteroatoms. The molecule has 2 unspecified atom stereocenters. The van der Waals surface area contributed by atoms with Crippen molar-refractivity contribution in [3.05, 3.63) is 29.6 Å². The average molecular weight is 280 g/mol. The summed E-state index contributed by atoms with van der Waals surface area (Å²) in [7, 11) is 0. The van der Waals surface area contributed by atoms with Crippen molar-refractivity contribution in [2.45, 2.75) is 26.4 Å². The topological polar surface area (TPSA) is 70.9 Å². The summed E-state index contributed by atoms with van der Waals surface area (Å²) in [5.41, 5.74) is 3.23. The van der Waals surface area contributed by atoms with Gasteiger partial charge in [-0.1, -0.05) is 6.92 Å². The Morgan fingerprint density at radius 3 is 2.95 bits per heavy atom. The van der Waals surface area contributed by atoms with Crippen molar-refractivity contribution in [2.24, 2.45) is 11.0 Å². The molecule has 0 fully saturated rings. The summed E-state index contributed by atoms with van der Waals surface area (Å²) in [5.74, 6) is -0.420. The van der Waals surface area contributed by atoms with Crippen molar-refractivity contribution < 1.29 is 19.0 Å². The summed E-state index contributed by atoms with van der Waals surface area (Å²) < 4.78 is 19.3. The van der Waals surface area contributed by atoms with E-state index in [0.717, 1.165) is 0 Å². The molecule has 0 saturated carbocycles. The molecule has 2 atom stereocenters. The number of hydrazone groups is 1. The molecule has 1 aliphatic rings. The van der Waals surface area contributed by atoms with Gasteiger partial charge in [0.1, 0.15) is 18.2 Å². The first-order valence-corrected chi connectivity index (χ1v) is 6.44. The van der Waals surface area contributed by atoms with Gasteiger partial charge in [-0.05, 0) is 19.1 Å². The predicted octanol–water partition coefficient (Wildman–Crippen LogP) is 1.45. The lowest BCUT2D eigenvalue weighted by Crippen LogP contribution is -2.32. The highest BCUT2D eigenvalue weighted by atomic mass is 19.1. The maximum absolute atomic E-state index is 14.1. The van der Waals surface area contributed by atoms with Gasteiger partial charge in [-0.2, -0.15) is 5.10 Å². The van der Waals surface area contributed by atoms with Crippen LogP contribution in [0, 0.1) is 11.7 Å². The molecule has 1 aliphatic heterocycles. The van der Waals surface area contributed by atoms with Gasteiger partial charge in [-0.3, -0.25) is 4.79 Å². The molecule has 0 aliphatic carbocycles. The average Bonchev–Trinajstić information content (AvgIpc) is 2.37. The number of rotatable bonds is 4. The highest BCUT2D eigenvalue weighted by Gasteiger charge is 2.23. The fourth-order valence-corrected chi connectivity index (χ4v) is 1.99. The molecular formula is C14H17FN2O3. The van der Waals surface area contributed by atoms with Crippen LogP contribution < -0.4 is 10.2 Å². The van der Waals surface area contributed by atoms with Crippen molar-refractivity contribution in [3.63, 3.8) is 0 Å². The smallest absolute Gasteiger partial charge is 0.240 e. The molecule has 0 radical (unpaired) electrons. The zero-order chi connectivity index (χ0) is 14.7. The third kappa shape index (κ3) is 3.33. The van der Waals surface area contributed by atoms with Gasteiger partial charge >= 0.3 is 0 Å². The van der Waals surface area contributed by atoms with E-state index in [1.165, 1.54) is 6.07 Å². The van der Waals surface area contributed by atoms with E-state index in [9.17, 15) is 9.18 Å². The van der Waals surface area contributed by atoms with Gasteiger partial charge in [-0.15, -0.1) is 0 Å². The van der Waals surface area contributed by atoms with Gasteiger partial charge < -0.3 is 9.84 Å². The second-order valence-corrected chi connectivity index (χ2v) is 4.94. The van der Waals surface area contributed by atoms with Gasteiger partial charge in [0.05, 0.1) is 11.8 Å². The number of aliphatic hydroxyl groups excluding tert-OH is 1. The minimum absolute atomic E-state index is 0.103. The Morgan fingerprint density at radius 2 is 2.35 bits per heavy atom. The molecular weight excluding hydrogens is 263 g/mol. The molecule has 2 N–H and O–H groups in total. The van der Waals surface area contributed by atoms with Crippen LogP contribution in [0.2, 0.25) is 0 Å². The number of hydrogen-bond donors (Lipinski definition) is 2. The van der Waals surface area contributed by atoms with Gasteiger partial charge in [-0.25, -0.2) is 9.82 Å². The fourth-order valence-electron chi connectivity index (χ4n) is 1.99. The molecule has 1 aromatic rings. The van der Waals surface area contributed by atoms with Crippen molar-refractivity contribution in [1.29, 1.82) is 0 Å². The molecule has 20 heavy (non-hydrogen) atoms. The van der Waals surface area contributed by atoms with Crippen molar-refractivity contribution in [1.82, 2.24) is 5.43 Å². The van der Waals surface area contributed by atoms with Crippen LogP contribution in [-0.2, 0) is 4.79 Å². The summed E-state index contributed by atoms with van der Waals surface area (Å²) in [6.07, 6.45) is -0.325. The Morgan fingerprint density at radius 1 is 1.60 bits per heavy atom. The van der Waals surface area contributed by atoms with Crippen LogP contribution in [0.25, 0.3) is 0 Å². The number of hydrogen-bond acceptors (Lipinski definition) is 4. The molecule has 0 aromatic heterocycles. The lowest BCUT2D eigenvalue weighted by atomic mass is 9.94. The van der Waals surface area contributed by atoms with E-state index in [0.29, 0.717) is 23.4 Å². The Balaban J connectivity index is 2.19. The van der Waals surface area contributed by atoms with Crippen LogP contribution in [0.1, 0.15) is 25.8 Å². The molecule has 0 bridgehead atoms. The third-order valence-corrected chi connectivity index (χ3v) is 2.97. The SMILES string of the molecule is CC(O)COc1ccc(C2=NNC(=O)CC2C)c(F)c1. The van der Waals surface area contributed by atoms with Crippen LogP contribution in [0.4, 0.5) is 4.39 Å². The number of benzene rings is 1. The molecule has 1 amide bonds. The van der Waals surface area contributed by atoms with E-state index in [2.05, 4.69) is 10.5 Å². The maximum atomic E-state index is 14.1. The van der Waals surface area contributed by atoms with Crippen molar-refractivity contribution >= 4 is 11.6 Å². The summed E-state index contributed by atoms with van der Waals surface area (Å²) in [4.78, 5) is 11.2. The normalized spacial score (nSPS) is 20.1. The summed E-state index contributed by atoms with van der Waals surface area (Å²) in [5, 5.41) is 13.0. The maximum Gasteiger partial charge on any atom is 0.240 e. The minimum Gasteiger partial charge on any atom is -0.491 e. The predicted molar refractivity (Wildman–Crippen MR) is 72.0 cm³/mol. The number of aliphatic hydroxyl groups is 1. The quantitative estimate of drug-likeness (QED) is 0.877. The van der Waals surface area contributed by atoms with E-state index in [1.54, 1.807) is 19.1 Å². The van der Waals surface area contributed by atoms with Crippen molar-refractivity contribution in [2.75, 3.05) is 6.61 Å². The first kappa shape index (κ1) is 14.5. The summed E-state index contributed by atoms with van der Waals surface area (Å²) >= 11 is 0. The molecule has 108 valence electrons. The van der Waals surface area contributed by atoms with E-state index in [-0.39, 0.29) is 18.4 Å². The molecule has 5 nitrogen and oxygen atoms in total. The molecule has 0 saturated heterocycles. The highest BCUT2D eigenvalue weighted by Crippen LogP contribution is 2.22. The number of halogens is 1. The monoisotopic (exact) mass is 280 g/mol. The van der Waals surface area contributed by atoms with Gasteiger partial charge in [0.25, 0.3) is 0 Å². The Bertz CT molecular complexity index is 543. The van der Waals surface area contributed by atoms with E-state index < -0.39 is 11.9 Å².